The van der Waals surface area contributed by atoms with Crippen LogP contribution in [0.4, 0.5) is 0 Å². The third-order valence-corrected chi connectivity index (χ3v) is 6.80. The molecule has 0 saturated carbocycles. The third kappa shape index (κ3) is 9.08. The van der Waals surface area contributed by atoms with Gasteiger partial charge in [0.2, 0.25) is 11.8 Å². The number of hydrogen-bond donors (Lipinski definition) is 1. The van der Waals surface area contributed by atoms with E-state index in [1.165, 1.54) is 0 Å². The van der Waals surface area contributed by atoms with E-state index >= 15 is 0 Å². The Bertz CT molecular complexity index is 1060. The van der Waals surface area contributed by atoms with Crippen molar-refractivity contribution in [1.82, 2.24) is 10.2 Å². The highest BCUT2D eigenvalue weighted by molar-refractivity contribution is 7.99. The zero-order valence-corrected chi connectivity index (χ0v) is 21.9. The van der Waals surface area contributed by atoms with E-state index in [2.05, 4.69) is 19.2 Å². The summed E-state index contributed by atoms with van der Waals surface area (Å²) in [5.41, 5.74) is 3.13. The quantitative estimate of drug-likeness (QED) is 0.327. The van der Waals surface area contributed by atoms with Gasteiger partial charge in [0.05, 0.1) is 5.75 Å². The molecule has 3 rings (SSSR count). The number of hydrogen-bond acceptors (Lipinski definition) is 3. The van der Waals surface area contributed by atoms with Crippen molar-refractivity contribution in [2.24, 2.45) is 5.92 Å². The summed E-state index contributed by atoms with van der Waals surface area (Å²) in [6.07, 6.45) is 0.463. The summed E-state index contributed by atoms with van der Waals surface area (Å²) < 4.78 is 0. The van der Waals surface area contributed by atoms with E-state index in [0.717, 1.165) is 16.7 Å². The second kappa shape index (κ2) is 14.0. The number of carbonyl (C=O) groups is 2. The lowest BCUT2D eigenvalue weighted by Crippen LogP contribution is -2.51. The predicted molar refractivity (Wildman–Crippen MR) is 146 cm³/mol. The van der Waals surface area contributed by atoms with Crippen molar-refractivity contribution in [2.75, 3.05) is 12.3 Å². The fourth-order valence-electron chi connectivity index (χ4n) is 3.68. The molecule has 0 radical (unpaired) electrons. The number of benzene rings is 3. The van der Waals surface area contributed by atoms with Gasteiger partial charge in [-0.25, -0.2) is 0 Å². The molecule has 4 nitrogen and oxygen atoms in total. The lowest BCUT2D eigenvalue weighted by molar-refractivity contribution is -0.139. The standard InChI is InChI=1S/C29H33ClN2O2S/c1-22(2)18-31-29(34)27(17-23-9-5-3-6-10-23)32(19-24-11-7-4-8-12-24)28(33)21-35-20-25-13-15-26(30)16-14-25/h3-16,22,27H,17-21H2,1-2H3,(H,31,34)/t27-/m1/s1. The first-order valence-corrected chi connectivity index (χ1v) is 13.4. The predicted octanol–water partition coefficient (Wildman–Crippen LogP) is 5.99. The van der Waals surface area contributed by atoms with Gasteiger partial charge in [-0.3, -0.25) is 9.59 Å². The van der Waals surface area contributed by atoms with Crippen LogP contribution in [-0.4, -0.2) is 35.1 Å². The lowest BCUT2D eigenvalue weighted by atomic mass is 10.0. The van der Waals surface area contributed by atoms with Crippen LogP contribution in [0, 0.1) is 5.92 Å². The minimum absolute atomic E-state index is 0.0477. The van der Waals surface area contributed by atoms with Crippen LogP contribution in [0.2, 0.25) is 5.02 Å². The van der Waals surface area contributed by atoms with Crippen LogP contribution in [0.5, 0.6) is 0 Å². The summed E-state index contributed by atoms with van der Waals surface area (Å²) >= 11 is 7.53. The van der Waals surface area contributed by atoms with Gasteiger partial charge in [-0.05, 0) is 34.7 Å². The van der Waals surface area contributed by atoms with E-state index in [-0.39, 0.29) is 17.6 Å². The Morgan fingerprint density at radius 1 is 0.857 bits per heavy atom. The van der Waals surface area contributed by atoms with Gasteiger partial charge >= 0.3 is 0 Å². The third-order valence-electron chi connectivity index (χ3n) is 5.56. The number of halogens is 1. The monoisotopic (exact) mass is 508 g/mol. The molecule has 0 aromatic heterocycles. The Hall–Kier alpha value is -2.76. The molecular weight excluding hydrogens is 476 g/mol. The first-order valence-electron chi connectivity index (χ1n) is 11.9. The average Bonchev–Trinajstić information content (AvgIpc) is 2.87. The van der Waals surface area contributed by atoms with Crippen LogP contribution in [0.25, 0.3) is 0 Å². The highest BCUT2D eigenvalue weighted by Gasteiger charge is 2.30. The van der Waals surface area contributed by atoms with E-state index in [1.54, 1.807) is 16.7 Å². The molecule has 184 valence electrons. The average molecular weight is 509 g/mol. The first kappa shape index (κ1) is 26.8. The Morgan fingerprint density at radius 3 is 2.06 bits per heavy atom. The molecule has 3 aromatic rings. The Morgan fingerprint density at radius 2 is 1.46 bits per heavy atom. The van der Waals surface area contributed by atoms with Gasteiger partial charge in [-0.2, -0.15) is 0 Å². The maximum atomic E-state index is 13.6. The topological polar surface area (TPSA) is 49.4 Å². The van der Waals surface area contributed by atoms with E-state index < -0.39 is 6.04 Å². The van der Waals surface area contributed by atoms with Gasteiger partial charge in [-0.1, -0.05) is 98.2 Å². The van der Waals surface area contributed by atoms with E-state index in [4.69, 9.17) is 11.6 Å². The van der Waals surface area contributed by atoms with E-state index in [1.807, 2.05) is 84.9 Å². The molecule has 0 heterocycles. The molecular formula is C29H33ClN2O2S. The van der Waals surface area contributed by atoms with Crippen molar-refractivity contribution in [2.45, 2.75) is 38.6 Å². The van der Waals surface area contributed by atoms with Gasteiger partial charge in [-0.15, -0.1) is 11.8 Å². The number of nitrogens with one attached hydrogen (secondary N) is 1. The summed E-state index contributed by atoms with van der Waals surface area (Å²) in [7, 11) is 0. The second-order valence-corrected chi connectivity index (χ2v) is 10.4. The molecule has 1 atom stereocenters. The van der Waals surface area contributed by atoms with E-state index in [9.17, 15) is 9.59 Å². The van der Waals surface area contributed by atoms with Crippen LogP contribution in [0.3, 0.4) is 0 Å². The second-order valence-electron chi connectivity index (χ2n) is 8.97. The van der Waals surface area contributed by atoms with Crippen molar-refractivity contribution in [1.29, 1.82) is 0 Å². The fraction of sp³-hybridized carbons (Fsp3) is 0.310. The molecule has 3 aromatic carbocycles. The molecule has 1 N–H and O–H groups in total. The molecule has 0 aliphatic heterocycles. The smallest absolute Gasteiger partial charge is 0.243 e. The van der Waals surface area contributed by atoms with Crippen LogP contribution in [0.15, 0.2) is 84.9 Å². The highest BCUT2D eigenvalue weighted by Crippen LogP contribution is 2.19. The fourth-order valence-corrected chi connectivity index (χ4v) is 4.67. The SMILES string of the molecule is CC(C)CNC(=O)[C@@H](Cc1ccccc1)N(Cc1ccccc1)C(=O)CSCc1ccc(Cl)cc1. The Balaban J connectivity index is 1.80. The van der Waals surface area contributed by atoms with Gasteiger partial charge in [0.25, 0.3) is 0 Å². The summed E-state index contributed by atoms with van der Waals surface area (Å²) in [4.78, 5) is 28.7. The van der Waals surface area contributed by atoms with Crippen molar-refractivity contribution < 1.29 is 9.59 Å². The minimum Gasteiger partial charge on any atom is -0.354 e. The molecule has 0 aliphatic carbocycles. The summed E-state index contributed by atoms with van der Waals surface area (Å²) in [5.74, 6) is 1.15. The molecule has 2 amide bonds. The largest absolute Gasteiger partial charge is 0.354 e. The maximum Gasteiger partial charge on any atom is 0.243 e. The van der Waals surface area contributed by atoms with Crippen LogP contribution >= 0.6 is 23.4 Å². The number of thioether (sulfide) groups is 1. The van der Waals surface area contributed by atoms with Gasteiger partial charge < -0.3 is 10.2 Å². The number of carbonyl (C=O) groups excluding carboxylic acids is 2. The first-order chi connectivity index (χ1) is 16.9. The van der Waals surface area contributed by atoms with Gasteiger partial charge in [0, 0.05) is 30.3 Å². The van der Waals surface area contributed by atoms with Crippen LogP contribution in [0.1, 0.15) is 30.5 Å². The summed E-state index contributed by atoms with van der Waals surface area (Å²) in [5, 5.41) is 3.75. The molecule has 0 fully saturated rings. The zero-order valence-electron chi connectivity index (χ0n) is 20.3. The van der Waals surface area contributed by atoms with Crippen molar-refractivity contribution in [3.63, 3.8) is 0 Å². The molecule has 0 aliphatic rings. The molecule has 0 bridgehead atoms. The summed E-state index contributed by atoms with van der Waals surface area (Å²) in [6.45, 7) is 5.08. The zero-order chi connectivity index (χ0) is 25.0. The Labute approximate surface area is 218 Å². The number of amides is 2. The minimum atomic E-state index is -0.597. The van der Waals surface area contributed by atoms with E-state index in [0.29, 0.717) is 36.2 Å². The number of nitrogens with zero attached hydrogens (tertiary/aromatic N) is 1. The molecule has 35 heavy (non-hydrogen) atoms. The normalized spacial score (nSPS) is 11.8. The van der Waals surface area contributed by atoms with Gasteiger partial charge in [0.1, 0.15) is 6.04 Å². The molecule has 0 unspecified atom stereocenters. The maximum absolute atomic E-state index is 13.6. The van der Waals surface area contributed by atoms with Gasteiger partial charge in [0.15, 0.2) is 0 Å². The highest BCUT2D eigenvalue weighted by atomic mass is 35.5. The van der Waals surface area contributed by atoms with Crippen molar-refractivity contribution >= 4 is 35.2 Å². The lowest BCUT2D eigenvalue weighted by Gasteiger charge is -2.31. The Kier molecular flexibility index (Phi) is 10.7. The summed E-state index contributed by atoms with van der Waals surface area (Å²) in [6, 6.07) is 26.8. The van der Waals surface area contributed by atoms with Crippen LogP contribution < -0.4 is 5.32 Å². The van der Waals surface area contributed by atoms with Crippen molar-refractivity contribution in [3.05, 3.63) is 107 Å². The number of rotatable bonds is 12. The van der Waals surface area contributed by atoms with Crippen LogP contribution in [-0.2, 0) is 28.3 Å². The molecule has 0 saturated heterocycles. The van der Waals surface area contributed by atoms with Crippen molar-refractivity contribution in [3.8, 4) is 0 Å². The molecule has 0 spiro atoms. The molecule has 6 heteroatoms.